The van der Waals surface area contributed by atoms with Gasteiger partial charge >= 0.3 is 0 Å². The summed E-state index contributed by atoms with van der Waals surface area (Å²) in [7, 11) is 0. The molecule has 0 spiro atoms. The number of likely N-dealkylation sites (tertiary alicyclic amines) is 1. The van der Waals surface area contributed by atoms with Gasteiger partial charge in [0.1, 0.15) is 0 Å². The van der Waals surface area contributed by atoms with Gasteiger partial charge in [0.25, 0.3) is 0 Å². The van der Waals surface area contributed by atoms with Gasteiger partial charge in [0.2, 0.25) is 0 Å². The van der Waals surface area contributed by atoms with Crippen molar-refractivity contribution in [1.82, 2.24) is 15.2 Å². The summed E-state index contributed by atoms with van der Waals surface area (Å²) < 4.78 is 31.7. The van der Waals surface area contributed by atoms with Gasteiger partial charge < -0.3 is 9.73 Å². The molecule has 1 fully saturated rings. The van der Waals surface area contributed by atoms with E-state index in [1.807, 2.05) is 12.1 Å². The Hall–Kier alpha value is -2.09. The minimum atomic E-state index is -0.793. The van der Waals surface area contributed by atoms with E-state index in [2.05, 4.69) is 20.6 Å². The fourth-order valence-electron chi connectivity index (χ4n) is 3.34. The molecule has 0 radical (unpaired) electrons. The van der Waals surface area contributed by atoms with Crippen molar-refractivity contribution in [2.45, 2.75) is 32.0 Å². The standard InChI is InChI=1S/C20H21F2N3OS/c21-17-4-3-14(10-18(17)22)12-25-7-5-15(6-8-25)23-11-16-13-27-20(24-16)19-2-1-9-26-19/h1-4,9-10,13,15,23H,5-8,11-12H2. The molecule has 2 aromatic heterocycles. The van der Waals surface area contributed by atoms with Gasteiger partial charge in [-0.1, -0.05) is 6.07 Å². The van der Waals surface area contributed by atoms with Crippen LogP contribution in [0.25, 0.3) is 10.8 Å². The molecule has 142 valence electrons. The lowest BCUT2D eigenvalue weighted by Gasteiger charge is -2.32. The van der Waals surface area contributed by atoms with Crippen molar-refractivity contribution in [3.63, 3.8) is 0 Å². The number of hydrogen-bond acceptors (Lipinski definition) is 5. The molecule has 1 aliphatic heterocycles. The van der Waals surface area contributed by atoms with Gasteiger partial charge in [-0.2, -0.15) is 0 Å². The molecular weight excluding hydrogens is 368 g/mol. The Morgan fingerprint density at radius 3 is 2.78 bits per heavy atom. The second-order valence-corrected chi connectivity index (χ2v) is 7.66. The maximum absolute atomic E-state index is 13.3. The second-order valence-electron chi connectivity index (χ2n) is 6.80. The van der Waals surface area contributed by atoms with E-state index >= 15 is 0 Å². The number of benzene rings is 1. The monoisotopic (exact) mass is 389 g/mol. The summed E-state index contributed by atoms with van der Waals surface area (Å²) in [6.07, 6.45) is 3.71. The number of furan rings is 1. The Kier molecular flexibility index (Phi) is 5.61. The predicted molar refractivity (Wildman–Crippen MR) is 101 cm³/mol. The Balaban J connectivity index is 1.23. The van der Waals surface area contributed by atoms with E-state index < -0.39 is 11.6 Å². The second kappa shape index (κ2) is 8.29. The zero-order valence-corrected chi connectivity index (χ0v) is 15.6. The van der Waals surface area contributed by atoms with Gasteiger partial charge in [0, 0.05) is 24.5 Å². The molecule has 1 aliphatic rings. The van der Waals surface area contributed by atoms with Crippen LogP contribution in [0.4, 0.5) is 8.78 Å². The van der Waals surface area contributed by atoms with E-state index in [9.17, 15) is 8.78 Å². The molecule has 7 heteroatoms. The van der Waals surface area contributed by atoms with Gasteiger partial charge in [0.05, 0.1) is 12.0 Å². The molecule has 0 amide bonds. The first-order valence-corrected chi connectivity index (χ1v) is 9.93. The van der Waals surface area contributed by atoms with Crippen LogP contribution in [-0.4, -0.2) is 29.0 Å². The zero-order valence-electron chi connectivity index (χ0n) is 14.8. The quantitative estimate of drug-likeness (QED) is 0.677. The fraction of sp³-hybridized carbons (Fsp3) is 0.350. The summed E-state index contributed by atoms with van der Waals surface area (Å²) in [5.74, 6) is -0.767. The summed E-state index contributed by atoms with van der Waals surface area (Å²) in [5.41, 5.74) is 1.84. The van der Waals surface area contributed by atoms with Gasteiger partial charge in [0.15, 0.2) is 22.4 Å². The highest BCUT2D eigenvalue weighted by Gasteiger charge is 2.19. The third-order valence-corrected chi connectivity index (χ3v) is 5.74. The molecule has 1 saturated heterocycles. The van der Waals surface area contributed by atoms with Crippen molar-refractivity contribution >= 4 is 11.3 Å². The van der Waals surface area contributed by atoms with Gasteiger partial charge in [-0.25, -0.2) is 13.8 Å². The van der Waals surface area contributed by atoms with E-state index in [0.717, 1.165) is 54.5 Å². The van der Waals surface area contributed by atoms with Crippen LogP contribution in [0, 0.1) is 11.6 Å². The number of hydrogen-bond donors (Lipinski definition) is 1. The van der Waals surface area contributed by atoms with Crippen LogP contribution in [0.5, 0.6) is 0 Å². The lowest BCUT2D eigenvalue weighted by atomic mass is 10.0. The molecule has 27 heavy (non-hydrogen) atoms. The highest BCUT2D eigenvalue weighted by Crippen LogP contribution is 2.24. The van der Waals surface area contributed by atoms with E-state index in [0.29, 0.717) is 12.6 Å². The predicted octanol–water partition coefficient (Wildman–Crippen LogP) is 4.44. The molecular formula is C20H21F2N3OS. The highest BCUT2D eigenvalue weighted by atomic mass is 32.1. The minimum Gasteiger partial charge on any atom is -0.462 e. The topological polar surface area (TPSA) is 41.3 Å². The molecule has 0 bridgehead atoms. The van der Waals surface area contributed by atoms with Gasteiger partial charge in [-0.05, 0) is 55.8 Å². The van der Waals surface area contributed by atoms with Gasteiger partial charge in [-0.3, -0.25) is 4.90 Å². The fourth-order valence-corrected chi connectivity index (χ4v) is 4.13. The number of nitrogens with zero attached hydrogens (tertiary/aromatic N) is 2. The van der Waals surface area contributed by atoms with Crippen molar-refractivity contribution in [3.05, 3.63) is 64.9 Å². The van der Waals surface area contributed by atoms with Crippen LogP contribution in [0.2, 0.25) is 0 Å². The van der Waals surface area contributed by atoms with Crippen molar-refractivity contribution < 1.29 is 13.2 Å². The molecule has 4 nitrogen and oxygen atoms in total. The first-order valence-electron chi connectivity index (χ1n) is 9.05. The molecule has 4 rings (SSSR count). The van der Waals surface area contributed by atoms with Crippen molar-refractivity contribution in [2.75, 3.05) is 13.1 Å². The average Bonchev–Trinajstić information content (AvgIpc) is 3.36. The lowest BCUT2D eigenvalue weighted by molar-refractivity contribution is 0.189. The number of piperidine rings is 1. The van der Waals surface area contributed by atoms with E-state index in [1.165, 1.54) is 12.1 Å². The molecule has 0 atom stereocenters. The first kappa shape index (κ1) is 18.3. The first-order chi connectivity index (χ1) is 13.2. The Morgan fingerprint density at radius 2 is 2.04 bits per heavy atom. The van der Waals surface area contributed by atoms with Crippen molar-refractivity contribution in [1.29, 1.82) is 0 Å². The Labute approximate surface area is 160 Å². The maximum atomic E-state index is 13.3. The zero-order chi connectivity index (χ0) is 18.6. The van der Waals surface area contributed by atoms with Crippen LogP contribution < -0.4 is 5.32 Å². The molecule has 3 aromatic rings. The molecule has 3 heterocycles. The molecule has 0 saturated carbocycles. The molecule has 0 aliphatic carbocycles. The Bertz CT molecular complexity index is 873. The van der Waals surface area contributed by atoms with Gasteiger partial charge in [-0.15, -0.1) is 11.3 Å². The summed E-state index contributed by atoms with van der Waals surface area (Å²) in [6, 6.07) is 8.37. The molecule has 1 N–H and O–H groups in total. The van der Waals surface area contributed by atoms with Crippen LogP contribution in [0.3, 0.4) is 0 Å². The molecule has 0 unspecified atom stereocenters. The minimum absolute atomic E-state index is 0.444. The smallest absolute Gasteiger partial charge is 0.162 e. The Morgan fingerprint density at radius 1 is 1.19 bits per heavy atom. The van der Waals surface area contributed by atoms with E-state index in [4.69, 9.17) is 4.42 Å². The SMILES string of the molecule is Fc1ccc(CN2CCC(NCc3csc(-c4ccco4)n3)CC2)cc1F. The normalized spacial score (nSPS) is 16.1. The summed E-state index contributed by atoms with van der Waals surface area (Å²) in [5, 5.41) is 6.53. The van der Waals surface area contributed by atoms with E-state index in [1.54, 1.807) is 23.7 Å². The maximum Gasteiger partial charge on any atom is 0.162 e. The summed E-state index contributed by atoms with van der Waals surface area (Å²) >= 11 is 1.59. The van der Waals surface area contributed by atoms with Crippen molar-refractivity contribution in [2.24, 2.45) is 0 Å². The number of rotatable bonds is 6. The lowest BCUT2D eigenvalue weighted by Crippen LogP contribution is -2.41. The molecule has 1 aromatic carbocycles. The third-order valence-electron chi connectivity index (χ3n) is 4.83. The van der Waals surface area contributed by atoms with Crippen LogP contribution in [-0.2, 0) is 13.1 Å². The third kappa shape index (κ3) is 4.61. The average molecular weight is 389 g/mol. The highest BCUT2D eigenvalue weighted by molar-refractivity contribution is 7.13. The number of thiazole rings is 1. The summed E-state index contributed by atoms with van der Waals surface area (Å²) in [6.45, 7) is 3.27. The van der Waals surface area contributed by atoms with E-state index in [-0.39, 0.29) is 0 Å². The van der Waals surface area contributed by atoms with Crippen LogP contribution >= 0.6 is 11.3 Å². The number of nitrogens with one attached hydrogen (secondary N) is 1. The largest absolute Gasteiger partial charge is 0.462 e. The van der Waals surface area contributed by atoms with Crippen LogP contribution in [0.1, 0.15) is 24.1 Å². The number of halogens is 2. The number of aromatic nitrogens is 1. The summed E-state index contributed by atoms with van der Waals surface area (Å²) in [4.78, 5) is 6.89. The van der Waals surface area contributed by atoms with Crippen molar-refractivity contribution in [3.8, 4) is 10.8 Å². The van der Waals surface area contributed by atoms with Crippen LogP contribution in [0.15, 0.2) is 46.4 Å².